The monoisotopic (exact) mass is 388 g/mol. The van der Waals surface area contributed by atoms with Gasteiger partial charge in [-0.2, -0.15) is 0 Å². The van der Waals surface area contributed by atoms with E-state index < -0.39 is 5.91 Å². The molecule has 0 bridgehead atoms. The number of carbonyl (C=O) groups is 3. The number of imide groups is 1. The lowest BCUT2D eigenvalue weighted by molar-refractivity contribution is 0.0575. The Balaban J connectivity index is 1.56. The Morgan fingerprint density at radius 3 is 2.42 bits per heavy atom. The molecular weight excluding hydrogens is 375 g/mol. The molecule has 3 amide bonds. The molecule has 4 rings (SSSR count). The van der Waals surface area contributed by atoms with Crippen LogP contribution in [0.5, 0.6) is 0 Å². The molecule has 2 aromatic rings. The Morgan fingerprint density at radius 2 is 1.69 bits per heavy atom. The average Bonchev–Trinajstić information content (AvgIpc) is 3.19. The highest BCUT2D eigenvalue weighted by Crippen LogP contribution is 2.33. The van der Waals surface area contributed by atoms with Crippen molar-refractivity contribution in [3.05, 3.63) is 69.2 Å². The molecule has 1 fully saturated rings. The summed E-state index contributed by atoms with van der Waals surface area (Å²) in [5.74, 6) is -0.954. The van der Waals surface area contributed by atoms with E-state index in [9.17, 15) is 14.4 Å². The van der Waals surface area contributed by atoms with Gasteiger partial charge in [0.15, 0.2) is 0 Å². The summed E-state index contributed by atoms with van der Waals surface area (Å²) in [6, 6.07) is 11.3. The normalized spacial score (nSPS) is 19.2. The zero-order valence-corrected chi connectivity index (χ0v) is 15.1. The fraction of sp³-hybridized carbons (Fsp3) is 0.211. The van der Waals surface area contributed by atoms with Gasteiger partial charge in [-0.25, -0.2) is 0 Å². The fourth-order valence-electron chi connectivity index (χ4n) is 3.54. The largest absolute Gasteiger partial charge is 0.336 e. The van der Waals surface area contributed by atoms with Crippen LogP contribution in [0.2, 0.25) is 10.0 Å². The number of hydrogen-bond acceptors (Lipinski definition) is 3. The van der Waals surface area contributed by atoms with Gasteiger partial charge in [0, 0.05) is 13.1 Å². The molecule has 1 saturated heterocycles. The van der Waals surface area contributed by atoms with Crippen LogP contribution in [0.15, 0.2) is 42.5 Å². The van der Waals surface area contributed by atoms with Crippen molar-refractivity contribution in [2.24, 2.45) is 0 Å². The summed E-state index contributed by atoms with van der Waals surface area (Å²) in [6.07, 6.45) is 0.527. The molecule has 2 aliphatic rings. The van der Waals surface area contributed by atoms with E-state index in [1.54, 1.807) is 47.4 Å². The molecule has 26 heavy (non-hydrogen) atoms. The molecular formula is C19H14Cl2N2O3. The third kappa shape index (κ3) is 2.59. The summed E-state index contributed by atoms with van der Waals surface area (Å²) in [6.45, 7) is 0.739. The van der Waals surface area contributed by atoms with E-state index in [0.717, 1.165) is 0 Å². The summed E-state index contributed by atoms with van der Waals surface area (Å²) in [5.41, 5.74) is 0.980. The van der Waals surface area contributed by atoms with Crippen molar-refractivity contribution in [3.8, 4) is 0 Å². The standard InChI is InChI=1S/C19H14Cl2N2O3/c20-14-6-2-1-4-12(14)17(24)22-9-8-11(10-22)23-18(25)13-5-3-7-15(21)16(13)19(23)26/h1-7,11H,8-10H2. The molecule has 1 unspecified atom stereocenters. The molecule has 0 N–H and O–H groups in total. The molecule has 2 heterocycles. The van der Waals surface area contributed by atoms with Gasteiger partial charge in [-0.15, -0.1) is 0 Å². The van der Waals surface area contributed by atoms with E-state index in [4.69, 9.17) is 23.2 Å². The minimum Gasteiger partial charge on any atom is -0.336 e. The lowest BCUT2D eigenvalue weighted by atomic mass is 10.1. The first-order valence-corrected chi connectivity index (χ1v) is 8.95. The van der Waals surface area contributed by atoms with E-state index in [2.05, 4.69) is 0 Å². The highest BCUT2D eigenvalue weighted by Gasteiger charge is 2.44. The summed E-state index contributed by atoms with van der Waals surface area (Å²) in [4.78, 5) is 40.9. The minimum atomic E-state index is -0.396. The van der Waals surface area contributed by atoms with Crippen LogP contribution in [0.1, 0.15) is 37.5 Å². The number of benzene rings is 2. The summed E-state index contributed by atoms with van der Waals surface area (Å²) in [5, 5.41) is 0.652. The van der Waals surface area contributed by atoms with Gasteiger partial charge in [-0.3, -0.25) is 19.3 Å². The molecule has 132 valence electrons. The molecule has 0 saturated carbocycles. The maximum atomic E-state index is 12.7. The summed E-state index contributed by atoms with van der Waals surface area (Å²) in [7, 11) is 0. The van der Waals surface area contributed by atoms with E-state index in [1.165, 1.54) is 4.90 Å². The Bertz CT molecular complexity index is 944. The van der Waals surface area contributed by atoms with Crippen LogP contribution in [0.4, 0.5) is 0 Å². The van der Waals surface area contributed by atoms with Gasteiger partial charge < -0.3 is 4.90 Å². The van der Waals surface area contributed by atoms with Crippen molar-refractivity contribution < 1.29 is 14.4 Å². The predicted octanol–water partition coefficient (Wildman–Crippen LogP) is 3.50. The van der Waals surface area contributed by atoms with Gasteiger partial charge in [-0.1, -0.05) is 41.4 Å². The molecule has 5 nitrogen and oxygen atoms in total. The molecule has 0 aromatic heterocycles. The van der Waals surface area contributed by atoms with Crippen LogP contribution in [-0.4, -0.2) is 46.7 Å². The van der Waals surface area contributed by atoms with Crippen molar-refractivity contribution in [2.45, 2.75) is 12.5 Å². The van der Waals surface area contributed by atoms with Crippen molar-refractivity contribution in [1.82, 2.24) is 9.80 Å². The summed E-state index contributed by atoms with van der Waals surface area (Å²) < 4.78 is 0. The molecule has 7 heteroatoms. The maximum absolute atomic E-state index is 12.7. The number of halogens is 2. The first kappa shape index (κ1) is 17.1. The number of hydrogen-bond donors (Lipinski definition) is 0. The highest BCUT2D eigenvalue weighted by atomic mass is 35.5. The lowest BCUT2D eigenvalue weighted by Gasteiger charge is -2.23. The SMILES string of the molecule is O=C(c1ccccc1Cl)N1CCC(N2C(=O)c3cccc(Cl)c3C2=O)C1. The van der Waals surface area contributed by atoms with Gasteiger partial charge >= 0.3 is 0 Å². The Morgan fingerprint density at radius 1 is 0.962 bits per heavy atom. The van der Waals surface area contributed by atoms with Gasteiger partial charge in [0.25, 0.3) is 17.7 Å². The quantitative estimate of drug-likeness (QED) is 0.739. The lowest BCUT2D eigenvalue weighted by Crippen LogP contribution is -2.42. The van der Waals surface area contributed by atoms with Gasteiger partial charge in [0.2, 0.25) is 0 Å². The van der Waals surface area contributed by atoms with Gasteiger partial charge in [0.1, 0.15) is 0 Å². The first-order chi connectivity index (χ1) is 12.5. The van der Waals surface area contributed by atoms with Crippen molar-refractivity contribution in [1.29, 1.82) is 0 Å². The Hall–Kier alpha value is -2.37. The van der Waals surface area contributed by atoms with Crippen LogP contribution in [-0.2, 0) is 0 Å². The average molecular weight is 389 g/mol. The molecule has 0 radical (unpaired) electrons. The second-order valence-corrected chi connectivity index (χ2v) is 7.13. The number of amides is 3. The summed E-state index contributed by atoms with van der Waals surface area (Å²) >= 11 is 12.2. The molecule has 0 spiro atoms. The third-order valence-electron chi connectivity index (χ3n) is 4.82. The third-order valence-corrected chi connectivity index (χ3v) is 5.46. The molecule has 1 atom stereocenters. The Labute approximate surface area is 160 Å². The zero-order chi connectivity index (χ0) is 18.4. The second kappa shape index (κ2) is 6.41. The van der Waals surface area contributed by atoms with Crippen LogP contribution in [0.25, 0.3) is 0 Å². The van der Waals surface area contributed by atoms with E-state index >= 15 is 0 Å². The van der Waals surface area contributed by atoms with Crippen molar-refractivity contribution >= 4 is 40.9 Å². The Kier molecular flexibility index (Phi) is 4.21. The zero-order valence-electron chi connectivity index (χ0n) is 13.6. The van der Waals surface area contributed by atoms with Gasteiger partial charge in [-0.05, 0) is 30.7 Å². The number of likely N-dealkylation sites (tertiary alicyclic amines) is 1. The van der Waals surface area contributed by atoms with Crippen LogP contribution in [0.3, 0.4) is 0 Å². The topological polar surface area (TPSA) is 57.7 Å². The molecule has 2 aromatic carbocycles. The smallest absolute Gasteiger partial charge is 0.263 e. The number of rotatable bonds is 2. The van der Waals surface area contributed by atoms with E-state index in [0.29, 0.717) is 29.1 Å². The number of fused-ring (bicyclic) bond motifs is 1. The molecule has 0 aliphatic carbocycles. The minimum absolute atomic E-state index is 0.201. The van der Waals surface area contributed by atoms with Gasteiger partial charge in [0.05, 0.1) is 32.8 Å². The first-order valence-electron chi connectivity index (χ1n) is 8.19. The number of carbonyl (C=O) groups excluding carboxylic acids is 3. The predicted molar refractivity (Wildman–Crippen MR) is 97.7 cm³/mol. The highest BCUT2D eigenvalue weighted by molar-refractivity contribution is 6.37. The van der Waals surface area contributed by atoms with E-state index in [1.807, 2.05) is 0 Å². The number of nitrogens with zero attached hydrogens (tertiary/aromatic N) is 2. The maximum Gasteiger partial charge on any atom is 0.263 e. The fourth-order valence-corrected chi connectivity index (χ4v) is 4.01. The van der Waals surface area contributed by atoms with Crippen molar-refractivity contribution in [2.75, 3.05) is 13.1 Å². The van der Waals surface area contributed by atoms with Crippen molar-refractivity contribution in [3.63, 3.8) is 0 Å². The van der Waals surface area contributed by atoms with Crippen LogP contribution >= 0.6 is 23.2 Å². The molecule has 2 aliphatic heterocycles. The van der Waals surface area contributed by atoms with Crippen LogP contribution in [0, 0.1) is 0 Å². The van der Waals surface area contributed by atoms with E-state index in [-0.39, 0.29) is 35.0 Å². The van der Waals surface area contributed by atoms with Crippen LogP contribution < -0.4 is 0 Å². The second-order valence-electron chi connectivity index (χ2n) is 6.32.